The van der Waals surface area contributed by atoms with Gasteiger partial charge in [-0.2, -0.15) is 5.26 Å². The van der Waals surface area contributed by atoms with E-state index in [1.54, 1.807) is 0 Å². The van der Waals surface area contributed by atoms with Gasteiger partial charge >= 0.3 is 0 Å². The fraction of sp³-hybridized carbons (Fsp3) is 0.846. The summed E-state index contributed by atoms with van der Waals surface area (Å²) in [5.74, 6) is 0.104. The Hall–Kier alpha value is -1.04. The molecule has 3 heteroatoms. The number of carbonyl (C=O) groups excluding carboxylic acids is 1. The largest absolute Gasteiger partial charge is 0.340 e. The lowest BCUT2D eigenvalue weighted by Crippen LogP contribution is -2.43. The number of nitriles is 1. The van der Waals surface area contributed by atoms with Crippen molar-refractivity contribution in [1.29, 1.82) is 5.26 Å². The number of hydrogen-bond donors (Lipinski definition) is 1. The first-order chi connectivity index (χ1) is 7.68. The SMILES string of the molecule is CCCC(C#N)NC(=O)C1(CC)CCCC1. The molecule has 0 saturated heterocycles. The van der Waals surface area contributed by atoms with Crippen molar-refractivity contribution in [2.75, 3.05) is 0 Å². The van der Waals surface area contributed by atoms with E-state index >= 15 is 0 Å². The van der Waals surface area contributed by atoms with Crippen LogP contribution in [0.1, 0.15) is 58.8 Å². The Balaban J connectivity index is 2.59. The van der Waals surface area contributed by atoms with Gasteiger partial charge in [-0.05, 0) is 25.7 Å². The Morgan fingerprint density at radius 3 is 2.50 bits per heavy atom. The van der Waals surface area contributed by atoms with E-state index in [1.165, 1.54) is 0 Å². The van der Waals surface area contributed by atoms with Gasteiger partial charge in [0.25, 0.3) is 0 Å². The molecule has 0 aromatic heterocycles. The van der Waals surface area contributed by atoms with Gasteiger partial charge in [0.2, 0.25) is 5.91 Å². The summed E-state index contributed by atoms with van der Waals surface area (Å²) in [4.78, 5) is 12.2. The number of amides is 1. The summed E-state index contributed by atoms with van der Waals surface area (Å²) in [6, 6.07) is 1.86. The Bertz CT molecular complexity index is 274. The van der Waals surface area contributed by atoms with E-state index in [9.17, 15) is 4.79 Å². The summed E-state index contributed by atoms with van der Waals surface area (Å²) in [7, 11) is 0. The lowest BCUT2D eigenvalue weighted by molar-refractivity contribution is -0.131. The topological polar surface area (TPSA) is 52.9 Å². The second-order valence-corrected chi connectivity index (χ2v) is 4.78. The quantitative estimate of drug-likeness (QED) is 0.777. The molecule has 90 valence electrons. The Morgan fingerprint density at radius 2 is 2.06 bits per heavy atom. The van der Waals surface area contributed by atoms with Crippen LogP contribution in [0.5, 0.6) is 0 Å². The van der Waals surface area contributed by atoms with Gasteiger partial charge in [-0.15, -0.1) is 0 Å². The second-order valence-electron chi connectivity index (χ2n) is 4.78. The van der Waals surface area contributed by atoms with Crippen LogP contribution in [0.3, 0.4) is 0 Å². The van der Waals surface area contributed by atoms with Crippen LogP contribution in [-0.4, -0.2) is 11.9 Å². The number of hydrogen-bond acceptors (Lipinski definition) is 2. The van der Waals surface area contributed by atoms with Crippen molar-refractivity contribution < 1.29 is 4.79 Å². The van der Waals surface area contributed by atoms with Crippen LogP contribution in [0.15, 0.2) is 0 Å². The molecular formula is C13H22N2O. The first kappa shape index (κ1) is 13.0. The van der Waals surface area contributed by atoms with Gasteiger partial charge in [0, 0.05) is 5.41 Å². The number of rotatable bonds is 5. The Kier molecular flexibility index (Phi) is 4.79. The van der Waals surface area contributed by atoms with Crippen LogP contribution in [0.25, 0.3) is 0 Å². The number of nitrogens with one attached hydrogen (secondary N) is 1. The molecule has 16 heavy (non-hydrogen) atoms. The molecular weight excluding hydrogens is 200 g/mol. The van der Waals surface area contributed by atoms with Gasteiger partial charge < -0.3 is 5.32 Å². The number of carbonyl (C=O) groups is 1. The molecule has 1 rings (SSSR count). The third kappa shape index (κ3) is 2.75. The molecule has 1 amide bonds. The fourth-order valence-corrected chi connectivity index (χ4v) is 2.56. The minimum atomic E-state index is -0.304. The van der Waals surface area contributed by atoms with Gasteiger partial charge in [0.15, 0.2) is 0 Å². The van der Waals surface area contributed by atoms with Crippen molar-refractivity contribution in [2.45, 2.75) is 64.8 Å². The molecule has 1 saturated carbocycles. The minimum Gasteiger partial charge on any atom is -0.340 e. The monoisotopic (exact) mass is 222 g/mol. The molecule has 1 unspecified atom stereocenters. The van der Waals surface area contributed by atoms with E-state index in [4.69, 9.17) is 5.26 Å². The minimum absolute atomic E-state index is 0.104. The summed E-state index contributed by atoms with van der Waals surface area (Å²) in [5, 5.41) is 11.8. The summed E-state index contributed by atoms with van der Waals surface area (Å²) in [6.07, 6.45) is 6.83. The first-order valence-corrected chi connectivity index (χ1v) is 6.39. The lowest BCUT2D eigenvalue weighted by Gasteiger charge is -2.27. The van der Waals surface area contributed by atoms with Crippen molar-refractivity contribution in [3.63, 3.8) is 0 Å². The van der Waals surface area contributed by atoms with Crippen LogP contribution >= 0.6 is 0 Å². The molecule has 1 fully saturated rings. The van der Waals surface area contributed by atoms with Gasteiger partial charge in [0.05, 0.1) is 6.07 Å². The average Bonchev–Trinajstić information content (AvgIpc) is 2.78. The predicted molar refractivity (Wildman–Crippen MR) is 63.6 cm³/mol. The zero-order valence-corrected chi connectivity index (χ0v) is 10.4. The fourth-order valence-electron chi connectivity index (χ4n) is 2.56. The Morgan fingerprint density at radius 1 is 1.44 bits per heavy atom. The van der Waals surface area contributed by atoms with E-state index < -0.39 is 0 Å². The van der Waals surface area contributed by atoms with Crippen molar-refractivity contribution in [3.8, 4) is 6.07 Å². The average molecular weight is 222 g/mol. The standard InChI is InChI=1S/C13H22N2O/c1-3-7-11(10-14)15-12(16)13(4-2)8-5-6-9-13/h11H,3-9H2,1-2H3,(H,15,16). The molecule has 0 radical (unpaired) electrons. The van der Waals surface area contributed by atoms with Crippen molar-refractivity contribution >= 4 is 5.91 Å². The third-order valence-corrected chi connectivity index (χ3v) is 3.76. The Labute approximate surface area is 98.2 Å². The normalized spacial score (nSPS) is 20.1. The molecule has 0 aliphatic heterocycles. The highest BCUT2D eigenvalue weighted by molar-refractivity contribution is 5.83. The maximum atomic E-state index is 12.2. The van der Waals surface area contributed by atoms with Gasteiger partial charge in [-0.25, -0.2) is 0 Å². The van der Waals surface area contributed by atoms with Crippen LogP contribution in [0.4, 0.5) is 0 Å². The smallest absolute Gasteiger partial charge is 0.227 e. The molecule has 0 spiro atoms. The molecule has 1 N–H and O–H groups in total. The van der Waals surface area contributed by atoms with E-state index in [0.717, 1.165) is 44.9 Å². The summed E-state index contributed by atoms with van der Waals surface area (Å²) >= 11 is 0. The summed E-state index contributed by atoms with van der Waals surface area (Å²) < 4.78 is 0. The van der Waals surface area contributed by atoms with Crippen LogP contribution < -0.4 is 5.32 Å². The molecule has 0 bridgehead atoms. The van der Waals surface area contributed by atoms with Gasteiger partial charge in [0.1, 0.15) is 6.04 Å². The molecule has 1 aliphatic carbocycles. The third-order valence-electron chi connectivity index (χ3n) is 3.76. The second kappa shape index (κ2) is 5.89. The maximum Gasteiger partial charge on any atom is 0.227 e. The van der Waals surface area contributed by atoms with Crippen LogP contribution in [0, 0.1) is 16.7 Å². The van der Waals surface area contributed by atoms with Crippen molar-refractivity contribution in [3.05, 3.63) is 0 Å². The zero-order chi connectivity index (χ0) is 12.0. The highest BCUT2D eigenvalue weighted by Gasteiger charge is 2.39. The van der Waals surface area contributed by atoms with Crippen LogP contribution in [0.2, 0.25) is 0 Å². The maximum absolute atomic E-state index is 12.2. The molecule has 0 aromatic rings. The number of nitrogens with zero attached hydrogens (tertiary/aromatic N) is 1. The molecule has 0 aromatic carbocycles. The zero-order valence-electron chi connectivity index (χ0n) is 10.4. The van der Waals surface area contributed by atoms with E-state index in [-0.39, 0.29) is 17.4 Å². The van der Waals surface area contributed by atoms with E-state index in [1.807, 2.05) is 6.92 Å². The van der Waals surface area contributed by atoms with Crippen molar-refractivity contribution in [1.82, 2.24) is 5.32 Å². The van der Waals surface area contributed by atoms with Crippen LogP contribution in [-0.2, 0) is 4.79 Å². The molecule has 3 nitrogen and oxygen atoms in total. The lowest BCUT2D eigenvalue weighted by atomic mass is 9.82. The predicted octanol–water partition coefficient (Wildman–Crippen LogP) is 2.77. The highest BCUT2D eigenvalue weighted by atomic mass is 16.2. The van der Waals surface area contributed by atoms with E-state index in [2.05, 4.69) is 18.3 Å². The summed E-state index contributed by atoms with van der Waals surface area (Å²) in [5.41, 5.74) is -0.178. The van der Waals surface area contributed by atoms with Gasteiger partial charge in [-0.3, -0.25) is 4.79 Å². The summed E-state index contributed by atoms with van der Waals surface area (Å²) in [6.45, 7) is 4.10. The molecule has 1 aliphatic rings. The molecule has 1 atom stereocenters. The highest BCUT2D eigenvalue weighted by Crippen LogP contribution is 2.41. The molecule has 0 heterocycles. The van der Waals surface area contributed by atoms with E-state index in [0.29, 0.717) is 0 Å². The van der Waals surface area contributed by atoms with Gasteiger partial charge in [-0.1, -0.05) is 33.1 Å². The first-order valence-electron chi connectivity index (χ1n) is 6.39. The van der Waals surface area contributed by atoms with Crippen molar-refractivity contribution in [2.24, 2.45) is 5.41 Å².